The molecule has 0 bridgehead atoms. The molecule has 17 heteroatoms. The van der Waals surface area contributed by atoms with E-state index in [1.54, 1.807) is 0 Å². The first-order valence-electron chi connectivity index (χ1n) is 12.6. The molecule has 1 aromatic carbocycles. The Morgan fingerprint density at radius 1 is 0.976 bits per heavy atom. The molecule has 0 fully saturated rings. The molecule has 0 atom stereocenters. The third-order valence-electron chi connectivity index (χ3n) is 5.07. The van der Waals surface area contributed by atoms with Gasteiger partial charge in [0, 0.05) is 5.39 Å². The molecule has 0 aliphatic rings. The molecule has 1 heterocycles. The first-order chi connectivity index (χ1) is 19.1. The van der Waals surface area contributed by atoms with Gasteiger partial charge in [-0.1, -0.05) is 6.92 Å². The summed E-state index contributed by atoms with van der Waals surface area (Å²) in [6, 6.07) is 0. The number of hydrogen-bond donors (Lipinski definition) is 0. The van der Waals surface area contributed by atoms with Gasteiger partial charge in [0.15, 0.2) is 11.6 Å². The molecule has 2 aromatic rings. The van der Waals surface area contributed by atoms with Crippen molar-refractivity contribution in [1.82, 2.24) is 4.31 Å². The molecule has 0 spiro atoms. The summed E-state index contributed by atoms with van der Waals surface area (Å²) < 4.78 is 98.9. The van der Waals surface area contributed by atoms with E-state index in [0.29, 0.717) is 11.3 Å². The van der Waals surface area contributed by atoms with E-state index >= 15 is 8.78 Å². The Bertz CT molecular complexity index is 1370. The zero-order valence-corrected chi connectivity index (χ0v) is 27.6. The first kappa shape index (κ1) is 35.8. The van der Waals surface area contributed by atoms with Crippen molar-refractivity contribution in [1.29, 1.82) is 0 Å². The van der Waals surface area contributed by atoms with E-state index in [-0.39, 0.29) is 59.9 Å². The lowest BCUT2D eigenvalue weighted by molar-refractivity contribution is 0.0399. The molecular weight excluding hydrogens is 650 g/mol. The van der Waals surface area contributed by atoms with Gasteiger partial charge in [-0.3, -0.25) is 4.57 Å². The zero-order valence-electron chi connectivity index (χ0n) is 23.6. The van der Waals surface area contributed by atoms with Crippen LogP contribution in [0.2, 0.25) is 0 Å². The van der Waals surface area contributed by atoms with Crippen molar-refractivity contribution >= 4 is 68.3 Å². The van der Waals surface area contributed by atoms with E-state index < -0.39 is 67.6 Å². The molecule has 0 saturated carbocycles. The Morgan fingerprint density at radius 2 is 1.49 bits per heavy atom. The van der Waals surface area contributed by atoms with Crippen LogP contribution in [0.1, 0.15) is 47.1 Å². The predicted octanol–water partition coefficient (Wildman–Crippen LogP) is 7.13. The average molecular weight is 685 g/mol. The summed E-state index contributed by atoms with van der Waals surface area (Å²) in [5.41, 5.74) is -1.29. The summed E-state index contributed by atoms with van der Waals surface area (Å²) >= 11 is 11.7. The third kappa shape index (κ3) is 8.36. The minimum absolute atomic E-state index is 0.0527. The summed E-state index contributed by atoms with van der Waals surface area (Å²) in [4.78, 5) is 13.2. The van der Waals surface area contributed by atoms with Crippen LogP contribution in [0.3, 0.4) is 0 Å². The largest absolute Gasteiger partial charge is 0.486 e. The van der Waals surface area contributed by atoms with Crippen LogP contribution in [-0.4, -0.2) is 68.9 Å². The molecular formula is C24H34Cl2F2NO9PS2. The minimum Gasteiger partial charge on any atom is -0.486 e. The van der Waals surface area contributed by atoms with Crippen LogP contribution < -0.4 is 9.47 Å². The fourth-order valence-electron chi connectivity index (χ4n) is 3.63. The fourth-order valence-corrected chi connectivity index (χ4v) is 9.26. The summed E-state index contributed by atoms with van der Waals surface area (Å²) in [7, 11) is -9.14. The Balaban J connectivity index is 2.90. The van der Waals surface area contributed by atoms with Gasteiger partial charge >= 0.3 is 13.7 Å². The van der Waals surface area contributed by atoms with Gasteiger partial charge in [0.25, 0.3) is 10.0 Å². The number of nitrogens with zero attached hydrogens (tertiary/aromatic N) is 1. The molecule has 0 aliphatic carbocycles. The van der Waals surface area contributed by atoms with Crippen LogP contribution in [0, 0.1) is 11.6 Å². The number of thiophene rings is 1. The molecule has 0 unspecified atom stereocenters. The van der Waals surface area contributed by atoms with Gasteiger partial charge in [0.2, 0.25) is 11.5 Å². The third-order valence-corrected chi connectivity index (χ3v) is 11.0. The van der Waals surface area contributed by atoms with Crippen molar-refractivity contribution in [3.05, 3.63) is 17.2 Å². The van der Waals surface area contributed by atoms with Gasteiger partial charge in [-0.25, -0.2) is 13.6 Å². The topological polar surface area (TPSA) is 118 Å². The van der Waals surface area contributed by atoms with E-state index in [1.165, 1.54) is 41.5 Å². The maximum Gasteiger partial charge on any atom is 0.424 e. The number of carbonyl (C=O) groups is 1. The van der Waals surface area contributed by atoms with E-state index in [2.05, 4.69) is 0 Å². The first-order valence-corrected chi connectivity index (χ1v) is 17.6. The Labute approximate surface area is 252 Å². The number of carbonyl (C=O) groups excluding carboxylic acids is 1. The van der Waals surface area contributed by atoms with Crippen LogP contribution in [-0.2, 0) is 34.8 Å². The molecule has 234 valence electrons. The SMILES string of the molecule is CCOP(=O)(CN(C(=O)OC(C)(C)C)S(=O)(=O)c1sc2c(F)c(OCCCl)c(OCCCl)c(F)c2c1CC)OCC. The number of alkyl halides is 2. The summed E-state index contributed by atoms with van der Waals surface area (Å²) in [6.45, 7) is 8.44. The number of ether oxygens (including phenoxy) is 3. The van der Waals surface area contributed by atoms with E-state index in [4.69, 9.17) is 46.5 Å². The highest BCUT2D eigenvalue weighted by atomic mass is 35.5. The van der Waals surface area contributed by atoms with Gasteiger partial charge < -0.3 is 23.3 Å². The van der Waals surface area contributed by atoms with Crippen LogP contribution in [0.25, 0.3) is 10.1 Å². The number of sulfonamides is 1. The fraction of sp³-hybridized carbons (Fsp3) is 0.625. The second-order valence-corrected chi connectivity index (χ2v) is 15.1. The molecule has 0 aliphatic heterocycles. The van der Waals surface area contributed by atoms with Crippen LogP contribution in [0.4, 0.5) is 13.6 Å². The lowest BCUT2D eigenvalue weighted by Gasteiger charge is -2.29. The van der Waals surface area contributed by atoms with Gasteiger partial charge in [0.05, 0.1) is 29.7 Å². The van der Waals surface area contributed by atoms with Gasteiger partial charge in [0.1, 0.15) is 29.3 Å². The van der Waals surface area contributed by atoms with Gasteiger partial charge in [-0.2, -0.15) is 12.7 Å². The average Bonchev–Trinajstić information content (AvgIpc) is 3.28. The highest BCUT2D eigenvalue weighted by Gasteiger charge is 2.43. The number of hydrogen-bond acceptors (Lipinski definition) is 10. The summed E-state index contributed by atoms with van der Waals surface area (Å²) in [5.74, 6) is -3.47. The highest BCUT2D eigenvalue weighted by Crippen LogP contribution is 2.51. The maximum atomic E-state index is 15.9. The summed E-state index contributed by atoms with van der Waals surface area (Å²) in [5, 5.41) is -0.377. The Morgan fingerprint density at radius 3 is 1.93 bits per heavy atom. The number of amides is 1. The lowest BCUT2D eigenvalue weighted by Crippen LogP contribution is -2.41. The van der Waals surface area contributed by atoms with Crippen LogP contribution in [0.5, 0.6) is 11.5 Å². The molecule has 0 N–H and O–H groups in total. The smallest absolute Gasteiger partial charge is 0.424 e. The normalized spacial score (nSPS) is 12.5. The summed E-state index contributed by atoms with van der Waals surface area (Å²) in [6.07, 6.45) is -2.52. The number of halogens is 4. The standard InChI is InChI=1S/C24H34Cl2F2NO9PS2/c1-7-15-16-17(27)19(34-12-10-25)20(35-13-11-26)18(28)21(16)40-22(15)41(32,33)29(23(30)38-24(4,5)6)14-39(31,36-8-2)37-9-3/h7-14H2,1-6H3. The van der Waals surface area contributed by atoms with E-state index in [1.807, 2.05) is 0 Å². The second-order valence-electron chi connectivity index (χ2n) is 9.21. The molecule has 41 heavy (non-hydrogen) atoms. The molecule has 1 aromatic heterocycles. The van der Waals surface area contributed by atoms with E-state index in [9.17, 15) is 17.8 Å². The van der Waals surface area contributed by atoms with Crippen molar-refractivity contribution < 1.29 is 49.8 Å². The monoisotopic (exact) mass is 683 g/mol. The van der Waals surface area contributed by atoms with Gasteiger partial charge in [-0.05, 0) is 46.6 Å². The molecule has 1 amide bonds. The zero-order chi connectivity index (χ0) is 31.2. The number of aryl methyl sites for hydroxylation is 1. The van der Waals surface area contributed by atoms with Crippen molar-refractivity contribution in [2.75, 3.05) is 44.5 Å². The van der Waals surface area contributed by atoms with Gasteiger partial charge in [-0.15, -0.1) is 34.5 Å². The van der Waals surface area contributed by atoms with Crippen molar-refractivity contribution in [3.8, 4) is 11.5 Å². The Kier molecular flexibility index (Phi) is 13.0. The predicted molar refractivity (Wildman–Crippen MR) is 155 cm³/mol. The number of fused-ring (bicyclic) bond motifs is 1. The Hall–Kier alpha value is -1.41. The van der Waals surface area contributed by atoms with Crippen molar-refractivity contribution in [2.45, 2.75) is 57.8 Å². The quantitative estimate of drug-likeness (QED) is 0.143. The van der Waals surface area contributed by atoms with Crippen LogP contribution >= 0.6 is 42.1 Å². The van der Waals surface area contributed by atoms with Crippen molar-refractivity contribution in [2.24, 2.45) is 0 Å². The van der Waals surface area contributed by atoms with Crippen LogP contribution in [0.15, 0.2) is 4.21 Å². The molecule has 0 saturated heterocycles. The number of rotatable bonds is 15. The lowest BCUT2D eigenvalue weighted by atomic mass is 10.1. The molecule has 10 nitrogen and oxygen atoms in total. The minimum atomic E-state index is -4.95. The maximum absolute atomic E-state index is 15.9. The molecule has 2 rings (SSSR count). The second kappa shape index (κ2) is 14.9. The van der Waals surface area contributed by atoms with E-state index in [0.717, 1.165) is 0 Å². The number of benzene rings is 1. The molecule has 0 radical (unpaired) electrons. The highest BCUT2D eigenvalue weighted by molar-refractivity contribution is 7.92. The van der Waals surface area contributed by atoms with Crippen molar-refractivity contribution in [3.63, 3.8) is 0 Å².